The van der Waals surface area contributed by atoms with Gasteiger partial charge in [-0.2, -0.15) is 18.3 Å². The Bertz CT molecular complexity index is 2120. The molecular formula is C43H50F6N4O4S. The van der Waals surface area contributed by atoms with Crippen LogP contribution in [0.2, 0.25) is 0 Å². The first-order valence-corrected chi connectivity index (χ1v) is 19.3. The number of halogens is 6. The van der Waals surface area contributed by atoms with Gasteiger partial charge >= 0.3 is 6.18 Å². The van der Waals surface area contributed by atoms with Gasteiger partial charge in [-0.25, -0.2) is 13.2 Å². The maximum absolute atomic E-state index is 14.0. The van der Waals surface area contributed by atoms with Crippen molar-refractivity contribution in [1.82, 2.24) is 9.78 Å². The SMILES string of the molecule is C=C1SCC(=O)N1c1cc(C)c(C)cc1COCC(F)(F)F.CC(=O)C(C)C.Cc1cc(-c2cc(NC(=O)c3ccc(C(C)(F)F)c(F)c3)nn2C)ccc1C(C)C. The lowest BCUT2D eigenvalue weighted by atomic mass is 9.95. The zero-order valence-corrected chi connectivity index (χ0v) is 35.1. The van der Waals surface area contributed by atoms with Gasteiger partial charge < -0.3 is 10.1 Å². The number of amides is 2. The first kappa shape index (κ1) is 47.5. The van der Waals surface area contributed by atoms with E-state index in [1.54, 1.807) is 36.9 Å². The minimum absolute atomic E-state index is 0.0650. The lowest BCUT2D eigenvalue weighted by Gasteiger charge is -2.22. The second-order valence-electron chi connectivity index (χ2n) is 14.7. The Morgan fingerprint density at radius 2 is 1.57 bits per heavy atom. The van der Waals surface area contributed by atoms with Gasteiger partial charge in [-0.3, -0.25) is 24.0 Å². The van der Waals surface area contributed by atoms with Gasteiger partial charge in [0.1, 0.15) is 18.2 Å². The Kier molecular flexibility index (Phi) is 16.1. The molecule has 1 aliphatic rings. The molecular weight excluding hydrogens is 783 g/mol. The van der Waals surface area contributed by atoms with Crippen molar-refractivity contribution in [3.05, 3.63) is 111 Å². The molecule has 5 rings (SSSR count). The molecule has 3 aromatic carbocycles. The maximum Gasteiger partial charge on any atom is 0.411 e. The quantitative estimate of drug-likeness (QED) is 0.160. The molecule has 0 saturated carbocycles. The van der Waals surface area contributed by atoms with Crippen molar-refractivity contribution in [3.63, 3.8) is 0 Å². The van der Waals surface area contributed by atoms with E-state index in [2.05, 4.69) is 49.9 Å². The molecule has 1 aliphatic heterocycles. The molecule has 1 N–H and O–H groups in total. The summed E-state index contributed by atoms with van der Waals surface area (Å²) < 4.78 is 83.7. The molecule has 0 spiro atoms. The molecule has 0 atom stereocenters. The van der Waals surface area contributed by atoms with E-state index in [0.29, 0.717) is 29.1 Å². The molecule has 0 unspecified atom stereocenters. The number of rotatable bonds is 10. The number of aromatic nitrogens is 2. The third-order valence-corrected chi connectivity index (χ3v) is 10.1. The van der Waals surface area contributed by atoms with Crippen molar-refractivity contribution in [2.75, 3.05) is 22.6 Å². The molecule has 1 saturated heterocycles. The second kappa shape index (κ2) is 19.7. The van der Waals surface area contributed by atoms with E-state index in [9.17, 15) is 40.7 Å². The van der Waals surface area contributed by atoms with E-state index in [0.717, 1.165) is 40.1 Å². The minimum atomic E-state index is -4.37. The summed E-state index contributed by atoms with van der Waals surface area (Å²) in [6.07, 6.45) is -4.37. The molecule has 314 valence electrons. The lowest BCUT2D eigenvalue weighted by Crippen LogP contribution is -2.25. The highest BCUT2D eigenvalue weighted by molar-refractivity contribution is 8.04. The van der Waals surface area contributed by atoms with Crippen LogP contribution in [-0.2, 0) is 33.9 Å². The van der Waals surface area contributed by atoms with E-state index >= 15 is 0 Å². The summed E-state index contributed by atoms with van der Waals surface area (Å²) in [5, 5.41) is 7.46. The summed E-state index contributed by atoms with van der Waals surface area (Å²) in [6, 6.07) is 14.3. The monoisotopic (exact) mass is 832 g/mol. The number of benzene rings is 3. The molecule has 0 bridgehead atoms. The molecule has 1 fully saturated rings. The largest absolute Gasteiger partial charge is 0.411 e. The van der Waals surface area contributed by atoms with Crippen LogP contribution in [0.1, 0.15) is 91.2 Å². The lowest BCUT2D eigenvalue weighted by molar-refractivity contribution is -0.176. The third kappa shape index (κ3) is 13.1. The molecule has 4 aromatic rings. The number of aryl methyl sites for hydroxylation is 4. The topological polar surface area (TPSA) is 93.5 Å². The van der Waals surface area contributed by atoms with Crippen LogP contribution < -0.4 is 10.2 Å². The molecule has 58 heavy (non-hydrogen) atoms. The fourth-order valence-electron chi connectivity index (χ4n) is 5.63. The number of Topliss-reactive ketones (excluding diaryl/α,β-unsaturated/α-hetero) is 1. The minimum Gasteiger partial charge on any atom is -0.367 e. The predicted molar refractivity (Wildman–Crippen MR) is 218 cm³/mol. The van der Waals surface area contributed by atoms with Gasteiger partial charge in [0.05, 0.1) is 34.3 Å². The number of hydrogen-bond donors (Lipinski definition) is 1. The van der Waals surface area contributed by atoms with Crippen LogP contribution in [0.3, 0.4) is 0 Å². The molecule has 1 aromatic heterocycles. The van der Waals surface area contributed by atoms with Gasteiger partial charge in [0.25, 0.3) is 11.8 Å². The Morgan fingerprint density at radius 3 is 2.07 bits per heavy atom. The molecule has 2 heterocycles. The highest BCUT2D eigenvalue weighted by Crippen LogP contribution is 2.37. The van der Waals surface area contributed by atoms with Gasteiger partial charge in [0.2, 0.25) is 5.91 Å². The molecule has 0 radical (unpaired) electrons. The number of anilines is 2. The summed E-state index contributed by atoms with van der Waals surface area (Å²) >= 11 is 1.32. The Balaban J connectivity index is 0.000000282. The van der Waals surface area contributed by atoms with Crippen LogP contribution in [0, 0.1) is 32.5 Å². The summed E-state index contributed by atoms with van der Waals surface area (Å²) in [5.41, 5.74) is 6.34. The van der Waals surface area contributed by atoms with E-state index in [-0.39, 0.29) is 41.3 Å². The van der Waals surface area contributed by atoms with Crippen molar-refractivity contribution in [2.24, 2.45) is 13.0 Å². The number of alkyl halides is 5. The van der Waals surface area contributed by atoms with Crippen molar-refractivity contribution in [3.8, 4) is 11.3 Å². The molecule has 2 amide bonds. The molecule has 8 nitrogen and oxygen atoms in total. The average molecular weight is 833 g/mol. The van der Waals surface area contributed by atoms with Gasteiger partial charge in [0, 0.05) is 42.6 Å². The zero-order valence-electron chi connectivity index (χ0n) is 34.3. The van der Waals surface area contributed by atoms with E-state index in [4.69, 9.17) is 4.74 Å². The Labute approximate surface area is 340 Å². The number of ether oxygens (including phenoxy) is 1. The summed E-state index contributed by atoms with van der Waals surface area (Å²) in [5.74, 6) is -3.75. The number of ketones is 1. The average Bonchev–Trinajstić information content (AvgIpc) is 3.64. The first-order valence-electron chi connectivity index (χ1n) is 18.3. The van der Waals surface area contributed by atoms with Crippen molar-refractivity contribution >= 4 is 40.9 Å². The summed E-state index contributed by atoms with van der Waals surface area (Å²) in [6.45, 7) is 18.4. The number of carbonyl (C=O) groups is 3. The van der Waals surface area contributed by atoms with Crippen LogP contribution >= 0.6 is 11.8 Å². The number of carbonyl (C=O) groups excluding carboxylic acids is 3. The smallest absolute Gasteiger partial charge is 0.367 e. The number of hydrogen-bond acceptors (Lipinski definition) is 6. The normalized spacial score (nSPS) is 13.0. The van der Waals surface area contributed by atoms with E-state index in [1.165, 1.54) is 28.3 Å². The first-order chi connectivity index (χ1) is 26.8. The van der Waals surface area contributed by atoms with Gasteiger partial charge in [-0.15, -0.1) is 0 Å². The zero-order chi connectivity index (χ0) is 43.9. The Hall–Kier alpha value is -4.89. The maximum atomic E-state index is 14.0. The number of nitrogens with zero attached hydrogens (tertiary/aromatic N) is 3. The van der Waals surface area contributed by atoms with Gasteiger partial charge in [0.15, 0.2) is 5.82 Å². The van der Waals surface area contributed by atoms with Crippen LogP contribution in [0.4, 0.5) is 37.8 Å². The summed E-state index contributed by atoms with van der Waals surface area (Å²) in [4.78, 5) is 36.0. The van der Waals surface area contributed by atoms with Gasteiger partial charge in [-0.05, 0) is 86.2 Å². The predicted octanol–water partition coefficient (Wildman–Crippen LogP) is 11.2. The fourth-order valence-corrected chi connectivity index (χ4v) is 6.37. The third-order valence-electron chi connectivity index (χ3n) is 9.15. The van der Waals surface area contributed by atoms with Crippen LogP contribution in [0.15, 0.2) is 66.2 Å². The van der Waals surface area contributed by atoms with E-state index in [1.807, 2.05) is 33.8 Å². The Morgan fingerprint density at radius 1 is 0.948 bits per heavy atom. The fraction of sp³-hybridized carbons (Fsp3) is 0.395. The van der Waals surface area contributed by atoms with Crippen LogP contribution in [0.5, 0.6) is 0 Å². The highest BCUT2D eigenvalue weighted by atomic mass is 32.2. The van der Waals surface area contributed by atoms with Crippen LogP contribution in [0.25, 0.3) is 11.3 Å². The number of thioether (sulfide) groups is 1. The van der Waals surface area contributed by atoms with Gasteiger partial charge in [-0.1, -0.05) is 64.2 Å². The van der Waals surface area contributed by atoms with Crippen LogP contribution in [-0.4, -0.2) is 45.9 Å². The highest BCUT2D eigenvalue weighted by Gasteiger charge is 2.31. The van der Waals surface area contributed by atoms with Crippen molar-refractivity contribution in [2.45, 2.75) is 86.9 Å². The second-order valence-corrected chi connectivity index (χ2v) is 15.7. The van der Waals surface area contributed by atoms with Crippen molar-refractivity contribution in [1.29, 1.82) is 0 Å². The summed E-state index contributed by atoms with van der Waals surface area (Å²) in [7, 11) is 1.76. The standard InChI is InChI=1S/C23H24F3N3O.C15H16F3NO2S.C5H10O/c1-13(2)17-8-6-15(10-14(17)3)20-12-21(28-29(20)5)27-22(30)16-7-9-18(19(24)11-16)23(4,25)26;1-9-4-12(6-21-8-15(16,17)18)13(5-10(9)2)19-11(3)22-7-14(19)20;1-4(2)5(3)6/h6-13H,1-5H3,(H,27,28,30);4-5H,3,6-8H2,1-2H3;4H,1-3H3. The molecule has 0 aliphatic carbocycles. The van der Waals surface area contributed by atoms with E-state index < -0.39 is 36.0 Å². The molecule has 15 heteroatoms. The van der Waals surface area contributed by atoms with Crippen molar-refractivity contribution < 1.29 is 45.5 Å². The number of nitrogens with one attached hydrogen (secondary N) is 1.